The Balaban J connectivity index is 1.43. The fraction of sp³-hybridized carbons (Fsp3) is 0.234. The topological polar surface area (TPSA) is 9.86 Å². The van der Waals surface area contributed by atoms with Gasteiger partial charge in [-0.3, -0.25) is 0 Å². The molecule has 0 bridgehead atoms. The van der Waals surface area contributed by atoms with E-state index in [9.17, 15) is 0 Å². The lowest BCUT2D eigenvalue weighted by atomic mass is 9.45. The summed E-state index contributed by atoms with van der Waals surface area (Å²) in [6, 6.07) is 40.3. The molecule has 0 unspecified atom stereocenters. The molecule has 8 aromatic rings. The molecule has 0 amide bonds. The molecular formula is C47H41BN2. The first-order chi connectivity index (χ1) is 23.9. The van der Waals surface area contributed by atoms with Gasteiger partial charge in [-0.2, -0.15) is 0 Å². The molecule has 2 aliphatic heterocycles. The molecule has 1 aliphatic carbocycles. The molecule has 2 aromatic heterocycles. The van der Waals surface area contributed by atoms with Crippen LogP contribution in [0.1, 0.15) is 77.6 Å². The fourth-order valence-electron chi connectivity index (χ4n) is 10.1. The molecule has 4 heterocycles. The molecule has 0 saturated carbocycles. The van der Waals surface area contributed by atoms with Crippen molar-refractivity contribution in [2.45, 2.75) is 71.6 Å². The summed E-state index contributed by atoms with van der Waals surface area (Å²) in [5.41, 5.74) is 20.7. The summed E-state index contributed by atoms with van der Waals surface area (Å²) in [6.45, 7) is 19.0. The van der Waals surface area contributed by atoms with Crippen LogP contribution in [0.3, 0.4) is 0 Å². The maximum atomic E-state index is 2.74. The Morgan fingerprint density at radius 3 is 2.06 bits per heavy atom. The van der Waals surface area contributed by atoms with Gasteiger partial charge in [-0.1, -0.05) is 122 Å². The number of hydrogen-bond donors (Lipinski definition) is 0. The highest BCUT2D eigenvalue weighted by Gasteiger charge is 2.47. The van der Waals surface area contributed by atoms with E-state index in [1.54, 1.807) is 0 Å². The van der Waals surface area contributed by atoms with Gasteiger partial charge in [-0.05, 0) is 97.1 Å². The van der Waals surface area contributed by atoms with Crippen molar-refractivity contribution >= 4 is 61.4 Å². The van der Waals surface area contributed by atoms with E-state index < -0.39 is 0 Å². The van der Waals surface area contributed by atoms with Gasteiger partial charge in [-0.25, -0.2) is 0 Å². The predicted molar refractivity (Wildman–Crippen MR) is 215 cm³/mol. The molecule has 242 valence electrons. The largest absolute Gasteiger partial charge is 0.375 e. The van der Waals surface area contributed by atoms with Gasteiger partial charge < -0.3 is 9.05 Å². The molecular weight excluding hydrogens is 603 g/mol. The van der Waals surface area contributed by atoms with Crippen LogP contribution in [0, 0.1) is 0 Å². The van der Waals surface area contributed by atoms with E-state index in [2.05, 4.69) is 168 Å². The summed E-state index contributed by atoms with van der Waals surface area (Å²) in [6.07, 6.45) is 0. The molecule has 2 nitrogen and oxygen atoms in total. The minimum atomic E-state index is -0.126. The van der Waals surface area contributed by atoms with Crippen LogP contribution in [0.2, 0.25) is 0 Å². The van der Waals surface area contributed by atoms with Crippen LogP contribution in [0.5, 0.6) is 0 Å². The molecule has 6 aromatic carbocycles. The molecule has 50 heavy (non-hydrogen) atoms. The summed E-state index contributed by atoms with van der Waals surface area (Å²) in [7, 11) is 0. The van der Waals surface area contributed by atoms with Crippen molar-refractivity contribution < 1.29 is 0 Å². The molecule has 0 fully saturated rings. The van der Waals surface area contributed by atoms with E-state index in [4.69, 9.17) is 0 Å². The van der Waals surface area contributed by atoms with Crippen LogP contribution in [0.4, 0.5) is 0 Å². The first kappa shape index (κ1) is 28.8. The summed E-state index contributed by atoms with van der Waals surface area (Å²) in [5, 5.41) is 5.40. The van der Waals surface area contributed by atoms with Crippen molar-refractivity contribution in [3.8, 4) is 27.9 Å². The Morgan fingerprint density at radius 2 is 1.26 bits per heavy atom. The van der Waals surface area contributed by atoms with Crippen LogP contribution in [-0.2, 0) is 16.2 Å². The Kier molecular flexibility index (Phi) is 5.08. The maximum absolute atomic E-state index is 2.74. The molecule has 0 N–H and O–H groups in total. The summed E-state index contributed by atoms with van der Waals surface area (Å²) < 4.78 is 5.35. The number of hydrogen-bond acceptors (Lipinski definition) is 0. The molecule has 11 rings (SSSR count). The Hall–Kier alpha value is -5.02. The van der Waals surface area contributed by atoms with Crippen LogP contribution >= 0.6 is 0 Å². The Bertz CT molecular complexity index is 2860. The summed E-state index contributed by atoms with van der Waals surface area (Å²) >= 11 is 0. The van der Waals surface area contributed by atoms with Crippen molar-refractivity contribution in [3.05, 3.63) is 125 Å². The molecule has 3 heteroatoms. The van der Waals surface area contributed by atoms with Crippen LogP contribution in [0.15, 0.2) is 103 Å². The van der Waals surface area contributed by atoms with E-state index in [0.29, 0.717) is 0 Å². The monoisotopic (exact) mass is 644 g/mol. The molecule has 0 atom stereocenters. The third-order valence-corrected chi connectivity index (χ3v) is 12.6. The van der Waals surface area contributed by atoms with Crippen molar-refractivity contribution in [2.75, 3.05) is 0 Å². The second kappa shape index (κ2) is 8.82. The average molecular weight is 645 g/mol. The number of rotatable bonds is 0. The van der Waals surface area contributed by atoms with Gasteiger partial charge in [0.15, 0.2) is 0 Å². The van der Waals surface area contributed by atoms with E-state index in [-0.39, 0.29) is 23.1 Å². The van der Waals surface area contributed by atoms with Gasteiger partial charge in [0.25, 0.3) is 0 Å². The zero-order chi connectivity index (χ0) is 34.2. The van der Waals surface area contributed by atoms with Crippen molar-refractivity contribution in [1.82, 2.24) is 9.05 Å². The van der Waals surface area contributed by atoms with E-state index >= 15 is 0 Å². The SMILES string of the molecule is CC(C)(C)c1ccc2c(c1)c1cc(C(C)(C)C)cc3c1n2B1c2c(cc4c(c2-3)-c2ccccc2C4(C)C)-n2c3ccccc3c3cccc1c32. The number of fused-ring (bicyclic) bond motifs is 14. The van der Waals surface area contributed by atoms with Gasteiger partial charge in [0.05, 0.1) is 11.0 Å². The normalized spacial score (nSPS) is 15.3. The predicted octanol–water partition coefficient (Wildman–Crippen LogP) is 10.7. The first-order valence-electron chi connectivity index (χ1n) is 18.3. The lowest BCUT2D eigenvalue weighted by molar-refractivity contribution is 0.590. The lowest BCUT2D eigenvalue weighted by Gasteiger charge is -2.36. The third-order valence-electron chi connectivity index (χ3n) is 12.6. The minimum absolute atomic E-state index is 0.0117. The molecule has 0 spiro atoms. The Labute approximate surface area is 294 Å². The second-order valence-electron chi connectivity index (χ2n) is 17.8. The zero-order valence-corrected chi connectivity index (χ0v) is 30.3. The Morgan fingerprint density at radius 1 is 0.540 bits per heavy atom. The maximum Gasteiger partial charge on any atom is 0.333 e. The van der Waals surface area contributed by atoms with Gasteiger partial charge in [0.1, 0.15) is 0 Å². The molecule has 0 radical (unpaired) electrons. The van der Waals surface area contributed by atoms with Crippen molar-refractivity contribution in [1.29, 1.82) is 0 Å². The standard InChI is InChI=1S/C47H41BN2/c1-45(2,3)26-20-21-38-31(22-26)32-23-27(46(4,5)6)24-33-41-40-30-15-9-11-17-34(30)47(7,8)35(40)25-39-42(41)48(50(38)43(32)33)36-18-13-16-29-28-14-10-12-19-37(28)49(39)44(29)36/h9-25H,1-8H3. The minimum Gasteiger partial charge on any atom is -0.375 e. The van der Waals surface area contributed by atoms with Crippen molar-refractivity contribution in [2.24, 2.45) is 0 Å². The highest BCUT2D eigenvalue weighted by molar-refractivity contribution is 6.90. The van der Waals surface area contributed by atoms with Crippen molar-refractivity contribution in [3.63, 3.8) is 0 Å². The molecule has 3 aliphatic rings. The molecule has 0 saturated heterocycles. The van der Waals surface area contributed by atoms with Gasteiger partial charge >= 0.3 is 6.85 Å². The third kappa shape index (κ3) is 3.28. The van der Waals surface area contributed by atoms with Gasteiger partial charge in [-0.15, -0.1) is 0 Å². The second-order valence-corrected chi connectivity index (χ2v) is 17.8. The van der Waals surface area contributed by atoms with E-state index in [0.717, 1.165) is 0 Å². The quantitative estimate of drug-likeness (QED) is 0.145. The highest BCUT2D eigenvalue weighted by Crippen LogP contribution is 2.56. The first-order valence-corrected chi connectivity index (χ1v) is 18.3. The van der Waals surface area contributed by atoms with Crippen LogP contribution in [0.25, 0.3) is 71.6 Å². The van der Waals surface area contributed by atoms with Gasteiger partial charge in [0, 0.05) is 49.2 Å². The number of nitrogens with zero attached hydrogens (tertiary/aromatic N) is 2. The number of para-hydroxylation sites is 2. The number of aromatic nitrogens is 2. The smallest absolute Gasteiger partial charge is 0.333 e. The average Bonchev–Trinajstić information content (AvgIpc) is 3.68. The van der Waals surface area contributed by atoms with Crippen LogP contribution in [-0.4, -0.2) is 15.9 Å². The fourth-order valence-corrected chi connectivity index (χ4v) is 10.1. The highest BCUT2D eigenvalue weighted by atomic mass is 15.0. The number of benzene rings is 6. The lowest BCUT2D eigenvalue weighted by Crippen LogP contribution is -2.55. The summed E-state index contributed by atoms with van der Waals surface area (Å²) in [5.74, 6) is 0. The van der Waals surface area contributed by atoms with E-state index in [1.165, 1.54) is 105 Å². The summed E-state index contributed by atoms with van der Waals surface area (Å²) in [4.78, 5) is 0. The van der Waals surface area contributed by atoms with Gasteiger partial charge in [0.2, 0.25) is 0 Å². The van der Waals surface area contributed by atoms with E-state index in [1.807, 2.05) is 0 Å². The van der Waals surface area contributed by atoms with Crippen LogP contribution < -0.4 is 10.9 Å². The zero-order valence-electron chi connectivity index (χ0n) is 30.3.